The summed E-state index contributed by atoms with van der Waals surface area (Å²) in [6, 6.07) is 8.05. The molecule has 0 spiro atoms. The molecule has 152 valence electrons. The third-order valence-corrected chi connectivity index (χ3v) is 6.25. The molecule has 2 saturated heterocycles. The highest BCUT2D eigenvalue weighted by atomic mass is 16.2. The molecule has 4 rings (SSSR count). The van der Waals surface area contributed by atoms with Gasteiger partial charge in [-0.1, -0.05) is 29.8 Å². The zero-order valence-corrected chi connectivity index (χ0v) is 16.9. The Kier molecular flexibility index (Phi) is 5.97. The Morgan fingerprint density at radius 1 is 1.07 bits per heavy atom. The van der Waals surface area contributed by atoms with Crippen LogP contribution in [0.25, 0.3) is 0 Å². The fourth-order valence-electron chi connectivity index (χ4n) is 4.24. The first kappa shape index (κ1) is 19.4. The number of piperazine rings is 2. The molecule has 0 unspecified atom stereocenters. The van der Waals surface area contributed by atoms with Crippen LogP contribution in [0.5, 0.6) is 0 Å². The molecule has 3 fully saturated rings. The van der Waals surface area contributed by atoms with Gasteiger partial charge in [0, 0.05) is 52.4 Å². The second-order valence-corrected chi connectivity index (χ2v) is 8.59. The summed E-state index contributed by atoms with van der Waals surface area (Å²) in [6.45, 7) is 8.91. The van der Waals surface area contributed by atoms with Crippen LogP contribution >= 0.6 is 0 Å². The van der Waals surface area contributed by atoms with Crippen molar-refractivity contribution in [2.24, 2.45) is 5.92 Å². The lowest BCUT2D eigenvalue weighted by Gasteiger charge is -2.38. The monoisotopic (exact) mass is 384 g/mol. The highest BCUT2D eigenvalue weighted by Crippen LogP contribution is 2.30. The van der Waals surface area contributed by atoms with E-state index in [9.17, 15) is 9.59 Å². The molecule has 0 bridgehead atoms. The second-order valence-electron chi connectivity index (χ2n) is 8.59. The molecule has 1 aromatic carbocycles. The quantitative estimate of drug-likeness (QED) is 0.802. The Morgan fingerprint density at radius 3 is 2.46 bits per heavy atom. The van der Waals surface area contributed by atoms with E-state index in [1.54, 1.807) is 0 Å². The first-order chi connectivity index (χ1) is 13.6. The Morgan fingerprint density at radius 2 is 1.79 bits per heavy atom. The van der Waals surface area contributed by atoms with E-state index in [0.29, 0.717) is 13.1 Å². The maximum Gasteiger partial charge on any atom is 0.237 e. The second kappa shape index (κ2) is 8.62. The molecule has 6 nitrogen and oxygen atoms in total. The number of hydrogen-bond donors (Lipinski definition) is 1. The summed E-state index contributed by atoms with van der Waals surface area (Å²) in [7, 11) is 0. The van der Waals surface area contributed by atoms with E-state index in [1.807, 2.05) is 4.90 Å². The van der Waals surface area contributed by atoms with E-state index in [1.165, 1.54) is 30.5 Å². The average molecular weight is 385 g/mol. The van der Waals surface area contributed by atoms with Gasteiger partial charge in [-0.05, 0) is 31.2 Å². The Balaban J connectivity index is 1.33. The largest absolute Gasteiger partial charge is 0.353 e. The van der Waals surface area contributed by atoms with E-state index < -0.39 is 0 Å². The molecule has 6 heteroatoms. The number of carbonyl (C=O) groups is 2. The van der Waals surface area contributed by atoms with Crippen LogP contribution in [-0.2, 0) is 16.1 Å². The Labute approximate surface area is 167 Å². The van der Waals surface area contributed by atoms with Gasteiger partial charge in [0.2, 0.25) is 11.8 Å². The van der Waals surface area contributed by atoms with Gasteiger partial charge in [-0.15, -0.1) is 0 Å². The number of aryl methyl sites for hydroxylation is 1. The predicted octanol–water partition coefficient (Wildman–Crippen LogP) is 1.24. The lowest BCUT2D eigenvalue weighted by Crippen LogP contribution is -2.57. The normalized spacial score (nSPS) is 24.2. The molecule has 1 N–H and O–H groups in total. The molecule has 1 atom stereocenters. The zero-order valence-electron chi connectivity index (χ0n) is 16.9. The Bertz CT molecular complexity index is 693. The van der Waals surface area contributed by atoms with E-state index in [0.717, 1.165) is 38.6 Å². The van der Waals surface area contributed by atoms with Crippen molar-refractivity contribution in [2.75, 3.05) is 45.8 Å². The molecular formula is C22H32N4O2. The summed E-state index contributed by atoms with van der Waals surface area (Å²) in [5.41, 5.74) is 2.42. The number of rotatable bonds is 6. The highest BCUT2D eigenvalue weighted by Gasteiger charge is 2.34. The first-order valence-electron chi connectivity index (χ1n) is 10.7. The van der Waals surface area contributed by atoms with Crippen LogP contribution in [0.2, 0.25) is 0 Å². The Hall–Kier alpha value is -1.92. The van der Waals surface area contributed by atoms with Gasteiger partial charge in [-0.3, -0.25) is 19.4 Å². The molecular weight excluding hydrogens is 352 g/mol. The van der Waals surface area contributed by atoms with Crippen LogP contribution in [0, 0.1) is 12.8 Å². The van der Waals surface area contributed by atoms with Crippen molar-refractivity contribution in [1.82, 2.24) is 20.0 Å². The van der Waals surface area contributed by atoms with Crippen LogP contribution < -0.4 is 5.32 Å². The third-order valence-electron chi connectivity index (χ3n) is 6.25. The van der Waals surface area contributed by atoms with Gasteiger partial charge in [0.15, 0.2) is 0 Å². The minimum atomic E-state index is -0.368. The number of nitrogens with zero attached hydrogens (tertiary/aromatic N) is 3. The molecule has 1 aromatic rings. The smallest absolute Gasteiger partial charge is 0.237 e. The summed E-state index contributed by atoms with van der Waals surface area (Å²) in [4.78, 5) is 32.0. The zero-order chi connectivity index (χ0) is 19.5. The van der Waals surface area contributed by atoms with Crippen molar-refractivity contribution >= 4 is 11.8 Å². The van der Waals surface area contributed by atoms with Gasteiger partial charge < -0.3 is 10.2 Å². The van der Waals surface area contributed by atoms with Crippen molar-refractivity contribution < 1.29 is 9.59 Å². The number of carbonyl (C=O) groups excluding carboxylic acids is 2. The van der Waals surface area contributed by atoms with E-state index in [-0.39, 0.29) is 24.3 Å². The molecule has 2 amide bonds. The van der Waals surface area contributed by atoms with Crippen LogP contribution in [0.4, 0.5) is 0 Å². The minimum Gasteiger partial charge on any atom is -0.353 e. The first-order valence-corrected chi connectivity index (χ1v) is 10.7. The number of hydrogen-bond acceptors (Lipinski definition) is 4. The average Bonchev–Trinajstić information content (AvgIpc) is 3.51. The maximum absolute atomic E-state index is 12.9. The molecule has 28 heavy (non-hydrogen) atoms. The van der Waals surface area contributed by atoms with Crippen LogP contribution in [0.15, 0.2) is 24.3 Å². The summed E-state index contributed by atoms with van der Waals surface area (Å²) in [5.74, 6) is 0.990. The summed E-state index contributed by atoms with van der Waals surface area (Å²) in [5, 5.41) is 2.94. The van der Waals surface area contributed by atoms with Crippen molar-refractivity contribution in [3.8, 4) is 0 Å². The molecule has 1 saturated carbocycles. The lowest BCUT2D eigenvalue weighted by molar-refractivity contribution is -0.140. The van der Waals surface area contributed by atoms with Gasteiger partial charge in [-0.25, -0.2) is 0 Å². The number of benzene rings is 1. The predicted molar refractivity (Wildman–Crippen MR) is 109 cm³/mol. The van der Waals surface area contributed by atoms with Crippen molar-refractivity contribution in [3.05, 3.63) is 35.4 Å². The van der Waals surface area contributed by atoms with Gasteiger partial charge >= 0.3 is 0 Å². The molecule has 2 aliphatic heterocycles. The molecule has 0 radical (unpaired) electrons. The van der Waals surface area contributed by atoms with Gasteiger partial charge in [0.25, 0.3) is 0 Å². The van der Waals surface area contributed by atoms with E-state index in [4.69, 9.17) is 0 Å². The lowest BCUT2D eigenvalue weighted by atomic mass is 10.1. The fourth-order valence-corrected chi connectivity index (χ4v) is 4.24. The number of nitrogens with one attached hydrogen (secondary N) is 1. The SMILES string of the molecule is Cc1ccc(CN2CCNC(=O)[C@@H]2CC(=O)N2CCN(CC3CC3)CC2)cc1. The summed E-state index contributed by atoms with van der Waals surface area (Å²) < 4.78 is 0. The summed E-state index contributed by atoms with van der Waals surface area (Å²) >= 11 is 0. The van der Waals surface area contributed by atoms with Crippen LogP contribution in [0.3, 0.4) is 0 Å². The highest BCUT2D eigenvalue weighted by molar-refractivity contribution is 5.88. The van der Waals surface area contributed by atoms with Crippen LogP contribution in [-0.4, -0.2) is 78.4 Å². The van der Waals surface area contributed by atoms with Crippen molar-refractivity contribution in [3.63, 3.8) is 0 Å². The molecule has 0 aromatic heterocycles. The molecule has 1 aliphatic carbocycles. The minimum absolute atomic E-state index is 0.0147. The van der Waals surface area contributed by atoms with E-state index >= 15 is 0 Å². The molecule has 3 aliphatic rings. The number of amides is 2. The van der Waals surface area contributed by atoms with Crippen molar-refractivity contribution in [2.45, 2.75) is 38.8 Å². The van der Waals surface area contributed by atoms with Gasteiger partial charge in [0.1, 0.15) is 0 Å². The van der Waals surface area contributed by atoms with E-state index in [2.05, 4.69) is 46.3 Å². The topological polar surface area (TPSA) is 55.9 Å². The standard InChI is InChI=1S/C22H32N4O2/c1-17-2-4-19(5-3-17)16-26-9-8-23-22(28)20(26)14-21(27)25-12-10-24(11-13-25)15-18-6-7-18/h2-5,18,20H,6-16H2,1H3,(H,23,28)/t20-/m0/s1. The maximum atomic E-state index is 12.9. The molecule has 2 heterocycles. The third kappa shape index (κ3) is 4.92. The van der Waals surface area contributed by atoms with Gasteiger partial charge in [0.05, 0.1) is 12.5 Å². The van der Waals surface area contributed by atoms with Crippen LogP contribution in [0.1, 0.15) is 30.4 Å². The fraction of sp³-hybridized carbons (Fsp3) is 0.636. The van der Waals surface area contributed by atoms with Crippen molar-refractivity contribution in [1.29, 1.82) is 0 Å². The van der Waals surface area contributed by atoms with Gasteiger partial charge in [-0.2, -0.15) is 0 Å². The summed E-state index contributed by atoms with van der Waals surface area (Å²) in [6.07, 6.45) is 3.01.